The second-order valence-corrected chi connectivity index (χ2v) is 10.1. The van der Waals surface area contributed by atoms with Crippen LogP contribution in [0.25, 0.3) is 0 Å². The Labute approximate surface area is 182 Å². The molecule has 168 valence electrons. The molecule has 31 heavy (non-hydrogen) atoms. The van der Waals surface area contributed by atoms with Gasteiger partial charge in [-0.15, -0.1) is 0 Å². The van der Waals surface area contributed by atoms with Crippen molar-refractivity contribution in [3.63, 3.8) is 0 Å². The number of aryl methyl sites for hydroxylation is 2. The van der Waals surface area contributed by atoms with E-state index in [2.05, 4.69) is 10.1 Å². The highest BCUT2D eigenvalue weighted by Gasteiger charge is 2.34. The van der Waals surface area contributed by atoms with E-state index in [9.17, 15) is 13.2 Å². The first kappa shape index (κ1) is 21.8. The number of anilines is 1. The topological polar surface area (TPSA) is 106 Å². The molecule has 0 atom stereocenters. The zero-order valence-corrected chi connectivity index (χ0v) is 18.9. The number of hydrogen-bond acceptors (Lipinski definition) is 7. The van der Waals surface area contributed by atoms with Crippen molar-refractivity contribution in [3.8, 4) is 5.75 Å². The molecule has 1 fully saturated rings. The van der Waals surface area contributed by atoms with E-state index in [0.29, 0.717) is 35.1 Å². The molecule has 0 bridgehead atoms. The Morgan fingerprint density at radius 3 is 2.65 bits per heavy atom. The Balaban J connectivity index is 1.65. The molecule has 10 heteroatoms. The van der Waals surface area contributed by atoms with Crippen molar-refractivity contribution in [1.29, 1.82) is 0 Å². The molecule has 0 radical (unpaired) electrons. The summed E-state index contributed by atoms with van der Waals surface area (Å²) < 4.78 is 39.0. The third kappa shape index (κ3) is 4.18. The first-order valence-electron chi connectivity index (χ1n) is 10.7. The van der Waals surface area contributed by atoms with Crippen molar-refractivity contribution in [2.24, 2.45) is 0 Å². The maximum absolute atomic E-state index is 13.4. The number of ether oxygens (including phenoxy) is 1. The number of carbonyl (C=O) groups excluding carboxylic acids is 1. The van der Waals surface area contributed by atoms with Crippen LogP contribution in [0.15, 0.2) is 21.6 Å². The molecule has 1 aromatic heterocycles. The lowest BCUT2D eigenvalue weighted by molar-refractivity contribution is -0.121. The van der Waals surface area contributed by atoms with Gasteiger partial charge in [-0.3, -0.25) is 9.69 Å². The van der Waals surface area contributed by atoms with Gasteiger partial charge in [0.1, 0.15) is 5.75 Å². The minimum atomic E-state index is -3.68. The Morgan fingerprint density at radius 1 is 1.23 bits per heavy atom. The van der Waals surface area contributed by atoms with Crippen molar-refractivity contribution >= 4 is 21.6 Å². The van der Waals surface area contributed by atoms with Gasteiger partial charge < -0.3 is 9.26 Å². The van der Waals surface area contributed by atoms with E-state index >= 15 is 0 Å². The minimum Gasteiger partial charge on any atom is -0.482 e. The van der Waals surface area contributed by atoms with Gasteiger partial charge in [-0.25, -0.2) is 8.42 Å². The number of benzene rings is 1. The fraction of sp³-hybridized carbons (Fsp3) is 0.571. The van der Waals surface area contributed by atoms with E-state index in [0.717, 1.165) is 32.1 Å². The molecule has 1 aliphatic carbocycles. The molecule has 1 amide bonds. The molecule has 1 aliphatic heterocycles. The van der Waals surface area contributed by atoms with Crippen LogP contribution in [-0.2, 0) is 27.8 Å². The monoisotopic (exact) mass is 448 g/mol. The van der Waals surface area contributed by atoms with Crippen molar-refractivity contribution in [3.05, 3.63) is 29.4 Å². The fourth-order valence-electron chi connectivity index (χ4n) is 4.22. The Hall–Kier alpha value is -2.46. The van der Waals surface area contributed by atoms with Gasteiger partial charge in [0.05, 0.1) is 17.1 Å². The number of hydrogen-bond donors (Lipinski definition) is 0. The maximum Gasteiger partial charge on any atom is 0.265 e. The highest BCUT2D eigenvalue weighted by Crippen LogP contribution is 2.38. The number of carbonyl (C=O) groups is 1. The average Bonchev–Trinajstić information content (AvgIpc) is 3.23. The second kappa shape index (κ2) is 8.58. The summed E-state index contributed by atoms with van der Waals surface area (Å²) in [4.78, 5) is 18.5. The summed E-state index contributed by atoms with van der Waals surface area (Å²) in [5, 5.41) is 3.92. The summed E-state index contributed by atoms with van der Waals surface area (Å²) in [5.74, 6) is 1.01. The number of amides is 1. The molecule has 2 heterocycles. The first-order chi connectivity index (χ1) is 14.8. The van der Waals surface area contributed by atoms with Crippen molar-refractivity contribution < 1.29 is 22.5 Å². The normalized spacial score (nSPS) is 17.7. The number of sulfonamides is 1. The number of aromatic nitrogens is 2. The summed E-state index contributed by atoms with van der Waals surface area (Å²) >= 11 is 0. The van der Waals surface area contributed by atoms with E-state index in [-0.39, 0.29) is 30.0 Å². The Morgan fingerprint density at radius 2 is 1.97 bits per heavy atom. The minimum absolute atomic E-state index is 0.0131. The molecule has 4 rings (SSSR count). The third-order valence-corrected chi connectivity index (χ3v) is 8.11. The molecule has 0 saturated heterocycles. The zero-order chi connectivity index (χ0) is 22.2. The van der Waals surface area contributed by atoms with Gasteiger partial charge in [0, 0.05) is 25.6 Å². The van der Waals surface area contributed by atoms with Gasteiger partial charge >= 0.3 is 0 Å². The largest absolute Gasteiger partial charge is 0.482 e. The SMILES string of the molecule is CCc1nc(CN2C(=O)COc3cc(S(=O)(=O)N(C)C4CCCCC4)c(C)cc32)no1. The zero-order valence-electron chi connectivity index (χ0n) is 18.1. The van der Waals surface area contributed by atoms with Crippen molar-refractivity contribution in [2.45, 2.75) is 69.9 Å². The van der Waals surface area contributed by atoms with E-state index in [1.807, 2.05) is 6.92 Å². The lowest BCUT2D eigenvalue weighted by Crippen LogP contribution is -2.40. The van der Waals surface area contributed by atoms with Crippen molar-refractivity contribution in [2.75, 3.05) is 18.6 Å². The summed E-state index contributed by atoms with van der Waals surface area (Å²) in [6, 6.07) is 3.24. The first-order valence-corrected chi connectivity index (χ1v) is 12.1. The predicted molar refractivity (Wildman–Crippen MR) is 113 cm³/mol. The lowest BCUT2D eigenvalue weighted by atomic mass is 9.96. The Bertz CT molecular complexity index is 1080. The van der Waals surface area contributed by atoms with Crippen LogP contribution in [-0.4, -0.2) is 48.5 Å². The van der Waals surface area contributed by atoms with Crippen LogP contribution in [0.3, 0.4) is 0 Å². The van der Waals surface area contributed by atoms with Crippen LogP contribution in [0.5, 0.6) is 5.75 Å². The number of rotatable bonds is 6. The quantitative estimate of drug-likeness (QED) is 0.669. The molecule has 2 aliphatic rings. The van der Waals surface area contributed by atoms with E-state index in [1.54, 1.807) is 20.0 Å². The summed E-state index contributed by atoms with van der Waals surface area (Å²) in [5.41, 5.74) is 1.07. The van der Waals surface area contributed by atoms with Crippen LogP contribution in [0.1, 0.15) is 56.3 Å². The maximum atomic E-state index is 13.4. The lowest BCUT2D eigenvalue weighted by Gasteiger charge is -2.32. The molecular formula is C21H28N4O5S. The van der Waals surface area contributed by atoms with Gasteiger partial charge in [0.15, 0.2) is 12.4 Å². The van der Waals surface area contributed by atoms with E-state index < -0.39 is 10.0 Å². The molecule has 1 aromatic carbocycles. The molecule has 0 unspecified atom stereocenters. The van der Waals surface area contributed by atoms with E-state index in [1.165, 1.54) is 15.3 Å². The standard InChI is InChI=1S/C21H28N4O5S/c1-4-20-22-19(23-30-20)12-25-16-10-14(2)18(11-17(16)29-13-21(25)26)31(27,28)24(3)15-8-6-5-7-9-15/h10-11,15H,4-9,12-13H2,1-3H3. The summed E-state index contributed by atoms with van der Waals surface area (Å²) in [6.45, 7) is 3.60. The van der Waals surface area contributed by atoms with Gasteiger partial charge in [-0.05, 0) is 31.4 Å². The van der Waals surface area contributed by atoms with Gasteiger partial charge in [-0.2, -0.15) is 9.29 Å². The van der Waals surface area contributed by atoms with Crippen LogP contribution in [0.2, 0.25) is 0 Å². The fourth-order valence-corrected chi connectivity index (χ4v) is 5.85. The molecule has 0 N–H and O–H groups in total. The molecular weight excluding hydrogens is 420 g/mol. The third-order valence-electron chi connectivity index (χ3n) is 6.06. The van der Waals surface area contributed by atoms with Crippen LogP contribution < -0.4 is 9.64 Å². The van der Waals surface area contributed by atoms with E-state index in [4.69, 9.17) is 9.26 Å². The molecule has 1 saturated carbocycles. The average molecular weight is 449 g/mol. The predicted octanol–water partition coefficient (Wildman–Crippen LogP) is 2.82. The van der Waals surface area contributed by atoms with Crippen LogP contribution in [0, 0.1) is 6.92 Å². The highest BCUT2D eigenvalue weighted by atomic mass is 32.2. The molecule has 0 spiro atoms. The van der Waals surface area contributed by atoms with Gasteiger partial charge in [0.2, 0.25) is 15.9 Å². The van der Waals surface area contributed by atoms with Crippen molar-refractivity contribution in [1.82, 2.24) is 14.4 Å². The summed E-state index contributed by atoms with van der Waals surface area (Å²) in [6.07, 6.45) is 5.61. The van der Waals surface area contributed by atoms with Crippen LogP contribution in [0.4, 0.5) is 5.69 Å². The Kier molecular flexibility index (Phi) is 6.02. The molecule has 2 aromatic rings. The number of fused-ring (bicyclic) bond motifs is 1. The highest BCUT2D eigenvalue weighted by molar-refractivity contribution is 7.89. The van der Waals surface area contributed by atoms with Gasteiger partial charge in [0.25, 0.3) is 5.91 Å². The van der Waals surface area contributed by atoms with Gasteiger partial charge in [-0.1, -0.05) is 31.3 Å². The molecule has 9 nitrogen and oxygen atoms in total. The van der Waals surface area contributed by atoms with Crippen LogP contribution >= 0.6 is 0 Å². The summed E-state index contributed by atoms with van der Waals surface area (Å²) in [7, 11) is -2.03. The number of nitrogens with zero attached hydrogens (tertiary/aromatic N) is 4. The second-order valence-electron chi connectivity index (χ2n) is 8.12. The smallest absolute Gasteiger partial charge is 0.265 e.